The maximum Gasteiger partial charge on any atom is 0.326 e. The fourth-order valence-electron chi connectivity index (χ4n) is 5.12. The van der Waals surface area contributed by atoms with Gasteiger partial charge in [-0.15, -0.1) is 0 Å². The first-order chi connectivity index (χ1) is 14.1. The monoisotopic (exact) mass is 411 g/mol. The van der Waals surface area contributed by atoms with Gasteiger partial charge in [-0.25, -0.2) is 4.79 Å². The number of rotatable bonds is 6. The Hall–Kier alpha value is -2.83. The number of piperidine rings is 1. The number of amides is 2. The van der Waals surface area contributed by atoms with Gasteiger partial charge in [0.25, 0.3) is 5.91 Å². The van der Waals surface area contributed by atoms with Gasteiger partial charge < -0.3 is 20.3 Å². The molecule has 1 saturated heterocycles. The van der Waals surface area contributed by atoms with E-state index in [1.54, 1.807) is 6.07 Å². The molecule has 1 aromatic heterocycles. The molecule has 4 atom stereocenters. The second kappa shape index (κ2) is 7.15. The van der Waals surface area contributed by atoms with Crippen molar-refractivity contribution in [1.82, 2.24) is 15.2 Å². The highest BCUT2D eigenvalue weighted by atomic mass is 16.4. The SMILES string of the molecule is CC(C)C[C@H](NC(=O)c1cc2ccccc2[nH]1)C(=O)N1C[C@H]2[C@@H](C1C(=O)O)C2(C)C. The van der Waals surface area contributed by atoms with E-state index in [1.807, 2.05) is 38.1 Å². The number of benzene rings is 1. The normalized spacial score (nSPS) is 25.2. The van der Waals surface area contributed by atoms with E-state index in [1.165, 1.54) is 4.90 Å². The maximum absolute atomic E-state index is 13.3. The second-order valence-corrected chi connectivity index (χ2v) is 9.65. The Kier molecular flexibility index (Phi) is 4.87. The zero-order valence-corrected chi connectivity index (χ0v) is 17.8. The fraction of sp³-hybridized carbons (Fsp3) is 0.522. The van der Waals surface area contributed by atoms with Crippen LogP contribution in [0.15, 0.2) is 30.3 Å². The molecule has 2 aromatic rings. The highest BCUT2D eigenvalue weighted by Gasteiger charge is 2.69. The highest BCUT2D eigenvalue weighted by molar-refractivity contribution is 6.00. The number of hydrogen-bond donors (Lipinski definition) is 3. The zero-order chi connectivity index (χ0) is 21.8. The van der Waals surface area contributed by atoms with Crippen LogP contribution in [0.4, 0.5) is 0 Å². The number of fused-ring (bicyclic) bond motifs is 2. The summed E-state index contributed by atoms with van der Waals surface area (Å²) in [7, 11) is 0. The quantitative estimate of drug-likeness (QED) is 0.680. The number of likely N-dealkylation sites (tertiary alicyclic amines) is 1. The van der Waals surface area contributed by atoms with Crippen molar-refractivity contribution in [2.24, 2.45) is 23.2 Å². The largest absolute Gasteiger partial charge is 0.480 e. The predicted molar refractivity (Wildman–Crippen MR) is 113 cm³/mol. The highest BCUT2D eigenvalue weighted by Crippen LogP contribution is 2.64. The molecule has 2 aliphatic rings. The Morgan fingerprint density at radius 2 is 1.97 bits per heavy atom. The summed E-state index contributed by atoms with van der Waals surface area (Å²) in [6, 6.07) is 7.76. The van der Waals surface area contributed by atoms with Crippen LogP contribution in [0.3, 0.4) is 0 Å². The van der Waals surface area contributed by atoms with Gasteiger partial charge in [-0.2, -0.15) is 0 Å². The molecule has 0 spiro atoms. The molecule has 160 valence electrons. The van der Waals surface area contributed by atoms with Gasteiger partial charge in [0.1, 0.15) is 17.8 Å². The third-order valence-electron chi connectivity index (χ3n) is 6.83. The van der Waals surface area contributed by atoms with Crippen LogP contribution in [0.5, 0.6) is 0 Å². The number of carboxylic acid groups (broad SMARTS) is 1. The van der Waals surface area contributed by atoms with Gasteiger partial charge >= 0.3 is 5.97 Å². The molecule has 2 amide bonds. The number of hydrogen-bond acceptors (Lipinski definition) is 3. The minimum absolute atomic E-state index is 0.0249. The lowest BCUT2D eigenvalue weighted by Gasteiger charge is -2.32. The van der Waals surface area contributed by atoms with Crippen LogP contribution in [0, 0.1) is 23.2 Å². The van der Waals surface area contributed by atoms with Gasteiger partial charge in [0, 0.05) is 23.4 Å². The molecule has 1 saturated carbocycles. The van der Waals surface area contributed by atoms with Crippen molar-refractivity contribution in [3.63, 3.8) is 0 Å². The summed E-state index contributed by atoms with van der Waals surface area (Å²) >= 11 is 0. The summed E-state index contributed by atoms with van der Waals surface area (Å²) in [5, 5.41) is 13.6. The van der Waals surface area contributed by atoms with E-state index in [0.717, 1.165) is 10.9 Å². The molecule has 30 heavy (non-hydrogen) atoms. The average Bonchev–Trinajstić information content (AvgIpc) is 3.08. The maximum atomic E-state index is 13.3. The van der Waals surface area contributed by atoms with Crippen LogP contribution < -0.4 is 5.32 Å². The lowest BCUT2D eigenvalue weighted by Crippen LogP contribution is -2.54. The van der Waals surface area contributed by atoms with E-state index in [4.69, 9.17) is 0 Å². The van der Waals surface area contributed by atoms with Crippen molar-refractivity contribution in [2.75, 3.05) is 6.54 Å². The van der Waals surface area contributed by atoms with Gasteiger partial charge in [-0.3, -0.25) is 9.59 Å². The van der Waals surface area contributed by atoms with Crippen LogP contribution in [0.2, 0.25) is 0 Å². The second-order valence-electron chi connectivity index (χ2n) is 9.65. The Bertz CT molecular complexity index is 976. The lowest BCUT2D eigenvalue weighted by molar-refractivity contribution is -0.151. The van der Waals surface area contributed by atoms with E-state index in [-0.39, 0.29) is 35.0 Å². The molecule has 7 heteroatoms. The van der Waals surface area contributed by atoms with E-state index in [9.17, 15) is 19.5 Å². The molecule has 7 nitrogen and oxygen atoms in total. The molecule has 0 radical (unpaired) electrons. The van der Waals surface area contributed by atoms with Crippen molar-refractivity contribution in [1.29, 1.82) is 0 Å². The smallest absolute Gasteiger partial charge is 0.326 e. The van der Waals surface area contributed by atoms with Gasteiger partial charge in [0.15, 0.2) is 0 Å². The third kappa shape index (κ3) is 3.36. The number of aliphatic carboxylic acids is 1. The van der Waals surface area contributed by atoms with Crippen molar-refractivity contribution in [3.8, 4) is 0 Å². The van der Waals surface area contributed by atoms with Crippen LogP contribution in [-0.2, 0) is 9.59 Å². The number of aromatic amines is 1. The van der Waals surface area contributed by atoms with Crippen molar-refractivity contribution in [3.05, 3.63) is 36.0 Å². The third-order valence-corrected chi connectivity index (χ3v) is 6.83. The number of carboxylic acids is 1. The van der Waals surface area contributed by atoms with Crippen LogP contribution in [0.25, 0.3) is 10.9 Å². The number of nitrogens with one attached hydrogen (secondary N) is 2. The van der Waals surface area contributed by atoms with E-state index in [2.05, 4.69) is 24.1 Å². The lowest BCUT2D eigenvalue weighted by atomic mass is 9.98. The van der Waals surface area contributed by atoms with E-state index < -0.39 is 18.1 Å². The molecule has 1 aromatic carbocycles. The molecule has 1 aliphatic carbocycles. The first-order valence-electron chi connectivity index (χ1n) is 10.5. The minimum atomic E-state index is -0.966. The Labute approximate surface area is 175 Å². The number of carbonyl (C=O) groups excluding carboxylic acids is 2. The molecule has 2 fully saturated rings. The van der Waals surface area contributed by atoms with Crippen molar-refractivity contribution in [2.45, 2.75) is 46.2 Å². The van der Waals surface area contributed by atoms with E-state index in [0.29, 0.717) is 18.7 Å². The molecular weight excluding hydrogens is 382 g/mol. The summed E-state index contributed by atoms with van der Waals surface area (Å²) in [5.74, 6) is -1.29. The summed E-state index contributed by atoms with van der Waals surface area (Å²) in [6.45, 7) is 8.51. The van der Waals surface area contributed by atoms with Crippen molar-refractivity contribution >= 4 is 28.7 Å². The number of H-pyrrole nitrogens is 1. The number of para-hydroxylation sites is 1. The summed E-state index contributed by atoms with van der Waals surface area (Å²) in [5.41, 5.74) is 1.18. The van der Waals surface area contributed by atoms with Crippen LogP contribution in [-0.4, -0.2) is 51.4 Å². The molecule has 1 aliphatic heterocycles. The average molecular weight is 412 g/mol. The minimum Gasteiger partial charge on any atom is -0.480 e. The van der Waals surface area contributed by atoms with Gasteiger partial charge in [-0.05, 0) is 35.8 Å². The topological polar surface area (TPSA) is 103 Å². The zero-order valence-electron chi connectivity index (χ0n) is 17.8. The first-order valence-corrected chi connectivity index (χ1v) is 10.5. The van der Waals surface area contributed by atoms with E-state index >= 15 is 0 Å². The number of aromatic nitrogens is 1. The summed E-state index contributed by atoms with van der Waals surface area (Å²) in [4.78, 5) is 42.7. The van der Waals surface area contributed by atoms with Gasteiger partial charge in [0.05, 0.1) is 0 Å². The van der Waals surface area contributed by atoms with Gasteiger partial charge in [-0.1, -0.05) is 45.9 Å². The number of carbonyl (C=O) groups is 3. The Morgan fingerprint density at radius 3 is 2.60 bits per heavy atom. The molecule has 1 unspecified atom stereocenters. The molecule has 0 bridgehead atoms. The fourth-order valence-corrected chi connectivity index (χ4v) is 5.12. The van der Waals surface area contributed by atoms with Crippen LogP contribution >= 0.6 is 0 Å². The Morgan fingerprint density at radius 1 is 1.27 bits per heavy atom. The predicted octanol–water partition coefficient (Wildman–Crippen LogP) is 2.88. The first kappa shape index (κ1) is 20.4. The van der Waals surface area contributed by atoms with Crippen LogP contribution in [0.1, 0.15) is 44.6 Å². The Balaban J connectivity index is 1.54. The molecule has 3 N–H and O–H groups in total. The number of nitrogens with zero attached hydrogens (tertiary/aromatic N) is 1. The van der Waals surface area contributed by atoms with Crippen molar-refractivity contribution < 1.29 is 19.5 Å². The summed E-state index contributed by atoms with van der Waals surface area (Å²) in [6.07, 6.45) is 0.451. The molecule has 4 rings (SSSR count). The van der Waals surface area contributed by atoms with Gasteiger partial charge in [0.2, 0.25) is 5.91 Å². The standard InChI is InChI=1S/C23H29N3O4/c1-12(2)9-17(25-20(27)16-10-13-7-5-6-8-15(13)24-16)21(28)26-11-14-18(23(14,3)4)19(26)22(29)30/h5-8,10,12,14,17-19,24H,9,11H2,1-4H3,(H,25,27)(H,29,30)/t14-,17-,18-,19?/m0/s1. The summed E-state index contributed by atoms with van der Waals surface area (Å²) < 4.78 is 0. The molecular formula is C23H29N3O4. The molecule has 2 heterocycles.